The van der Waals surface area contributed by atoms with Crippen molar-refractivity contribution in [1.82, 2.24) is 9.97 Å². The Morgan fingerprint density at radius 1 is 1.23 bits per heavy atom. The molecule has 2 heterocycles. The molecular formula is C18H23N3O. The third kappa shape index (κ3) is 3.45. The molecule has 0 radical (unpaired) electrons. The van der Waals surface area contributed by atoms with Gasteiger partial charge < -0.3 is 9.64 Å². The molecule has 0 spiro atoms. The fraction of sp³-hybridized carbons (Fsp3) is 0.444. The zero-order chi connectivity index (χ0) is 15.4. The highest BCUT2D eigenvalue weighted by Crippen LogP contribution is 2.25. The Hall–Kier alpha value is -1.94. The Labute approximate surface area is 132 Å². The van der Waals surface area contributed by atoms with Crippen molar-refractivity contribution in [3.8, 4) is 0 Å². The molecule has 1 aromatic carbocycles. The Morgan fingerprint density at radius 3 is 2.77 bits per heavy atom. The second kappa shape index (κ2) is 6.88. The lowest BCUT2D eigenvalue weighted by Gasteiger charge is -2.38. The standard InChI is InChI=1S/C18H23N3O/c1-14-5-3-6-15(11-14)12-16-13-21(10-7-17(16)22-2)18-19-8-4-9-20-18/h3-6,8-9,11,16-17H,7,10,12-13H2,1-2H3/t16-,17+/m0/s1. The first-order valence-corrected chi connectivity index (χ1v) is 7.86. The van der Waals surface area contributed by atoms with E-state index >= 15 is 0 Å². The van der Waals surface area contributed by atoms with Crippen molar-refractivity contribution in [2.45, 2.75) is 25.9 Å². The number of hydrogen-bond donors (Lipinski definition) is 0. The molecule has 0 bridgehead atoms. The van der Waals surface area contributed by atoms with E-state index < -0.39 is 0 Å². The summed E-state index contributed by atoms with van der Waals surface area (Å²) in [5, 5.41) is 0. The lowest BCUT2D eigenvalue weighted by molar-refractivity contribution is 0.0374. The van der Waals surface area contributed by atoms with Crippen molar-refractivity contribution in [1.29, 1.82) is 0 Å². The summed E-state index contributed by atoms with van der Waals surface area (Å²) >= 11 is 0. The molecule has 1 aromatic heterocycles. The van der Waals surface area contributed by atoms with Crippen LogP contribution in [0.1, 0.15) is 17.5 Å². The predicted octanol–water partition coefficient (Wildman–Crippen LogP) is 2.87. The van der Waals surface area contributed by atoms with Crippen molar-refractivity contribution < 1.29 is 4.74 Å². The van der Waals surface area contributed by atoms with E-state index in [0.717, 1.165) is 31.9 Å². The fourth-order valence-corrected chi connectivity index (χ4v) is 3.30. The molecule has 2 aromatic rings. The van der Waals surface area contributed by atoms with Gasteiger partial charge in [-0.3, -0.25) is 0 Å². The van der Waals surface area contributed by atoms with Gasteiger partial charge in [0, 0.05) is 38.5 Å². The minimum Gasteiger partial charge on any atom is -0.381 e. The Balaban J connectivity index is 1.74. The second-order valence-electron chi connectivity index (χ2n) is 6.01. The maximum Gasteiger partial charge on any atom is 0.225 e. The zero-order valence-corrected chi connectivity index (χ0v) is 13.3. The summed E-state index contributed by atoms with van der Waals surface area (Å²) in [5.74, 6) is 1.29. The number of rotatable bonds is 4. The van der Waals surface area contributed by atoms with Crippen LogP contribution in [0.5, 0.6) is 0 Å². The van der Waals surface area contributed by atoms with Gasteiger partial charge in [0.2, 0.25) is 5.95 Å². The zero-order valence-electron chi connectivity index (χ0n) is 13.3. The fourth-order valence-electron chi connectivity index (χ4n) is 3.30. The van der Waals surface area contributed by atoms with Gasteiger partial charge >= 0.3 is 0 Å². The average molecular weight is 297 g/mol. The number of benzene rings is 1. The summed E-state index contributed by atoms with van der Waals surface area (Å²) in [5.41, 5.74) is 2.69. The highest BCUT2D eigenvalue weighted by atomic mass is 16.5. The lowest BCUT2D eigenvalue weighted by Crippen LogP contribution is -2.45. The quantitative estimate of drug-likeness (QED) is 0.870. The van der Waals surface area contributed by atoms with Crippen LogP contribution in [0.25, 0.3) is 0 Å². The van der Waals surface area contributed by atoms with Gasteiger partial charge in [-0.05, 0) is 31.4 Å². The SMILES string of the molecule is CO[C@@H]1CCN(c2ncccn2)C[C@@H]1Cc1cccc(C)c1. The van der Waals surface area contributed by atoms with E-state index in [1.165, 1.54) is 11.1 Å². The van der Waals surface area contributed by atoms with Gasteiger partial charge in [-0.1, -0.05) is 29.8 Å². The van der Waals surface area contributed by atoms with Crippen molar-refractivity contribution in [3.63, 3.8) is 0 Å². The second-order valence-corrected chi connectivity index (χ2v) is 6.01. The normalized spacial score (nSPS) is 21.8. The first-order valence-electron chi connectivity index (χ1n) is 7.86. The molecule has 1 fully saturated rings. The minimum absolute atomic E-state index is 0.306. The Morgan fingerprint density at radius 2 is 2.05 bits per heavy atom. The molecular weight excluding hydrogens is 274 g/mol. The molecule has 0 amide bonds. The summed E-state index contributed by atoms with van der Waals surface area (Å²) in [6.45, 7) is 4.03. The summed E-state index contributed by atoms with van der Waals surface area (Å²) in [4.78, 5) is 11.0. The molecule has 1 saturated heterocycles. The van der Waals surface area contributed by atoms with Gasteiger partial charge in [-0.2, -0.15) is 0 Å². The molecule has 1 aliphatic heterocycles. The van der Waals surface area contributed by atoms with E-state index in [1.54, 1.807) is 12.4 Å². The molecule has 116 valence electrons. The van der Waals surface area contributed by atoms with Crippen molar-refractivity contribution in [2.24, 2.45) is 5.92 Å². The number of ether oxygens (including phenoxy) is 1. The van der Waals surface area contributed by atoms with E-state index in [0.29, 0.717) is 12.0 Å². The van der Waals surface area contributed by atoms with E-state index in [2.05, 4.69) is 46.1 Å². The highest BCUT2D eigenvalue weighted by Gasteiger charge is 2.30. The van der Waals surface area contributed by atoms with E-state index in [4.69, 9.17) is 4.74 Å². The number of hydrogen-bond acceptors (Lipinski definition) is 4. The molecule has 0 N–H and O–H groups in total. The number of aryl methyl sites for hydroxylation is 1. The number of methoxy groups -OCH3 is 1. The molecule has 22 heavy (non-hydrogen) atoms. The molecule has 0 saturated carbocycles. The van der Waals surface area contributed by atoms with E-state index in [9.17, 15) is 0 Å². The largest absolute Gasteiger partial charge is 0.381 e. The van der Waals surface area contributed by atoms with Gasteiger partial charge in [0.05, 0.1) is 6.10 Å². The minimum atomic E-state index is 0.306. The Kier molecular flexibility index (Phi) is 4.68. The van der Waals surface area contributed by atoms with E-state index in [1.807, 2.05) is 13.2 Å². The van der Waals surface area contributed by atoms with Crippen LogP contribution < -0.4 is 4.90 Å². The third-order valence-electron chi connectivity index (χ3n) is 4.38. The Bertz CT molecular complexity index is 602. The molecule has 0 unspecified atom stereocenters. The van der Waals surface area contributed by atoms with Gasteiger partial charge in [0.15, 0.2) is 0 Å². The maximum atomic E-state index is 5.72. The summed E-state index contributed by atoms with van der Waals surface area (Å²) in [6.07, 6.45) is 5.97. The van der Waals surface area contributed by atoms with Crippen LogP contribution in [0.3, 0.4) is 0 Å². The van der Waals surface area contributed by atoms with Crippen LogP contribution in [0.4, 0.5) is 5.95 Å². The molecule has 2 atom stereocenters. The maximum absolute atomic E-state index is 5.72. The summed E-state index contributed by atoms with van der Waals surface area (Å²) in [7, 11) is 1.82. The lowest BCUT2D eigenvalue weighted by atomic mass is 9.88. The first kappa shape index (κ1) is 15.0. The van der Waals surface area contributed by atoms with E-state index in [-0.39, 0.29) is 0 Å². The molecule has 4 nitrogen and oxygen atoms in total. The van der Waals surface area contributed by atoms with Crippen LogP contribution in [0.2, 0.25) is 0 Å². The molecule has 4 heteroatoms. The predicted molar refractivity (Wildman–Crippen MR) is 88.0 cm³/mol. The first-order chi connectivity index (χ1) is 10.8. The van der Waals surface area contributed by atoms with Crippen LogP contribution in [0, 0.1) is 12.8 Å². The molecule has 0 aliphatic carbocycles. The number of aromatic nitrogens is 2. The summed E-state index contributed by atoms with van der Waals surface area (Å²) in [6, 6.07) is 10.6. The highest BCUT2D eigenvalue weighted by molar-refractivity contribution is 5.30. The van der Waals surface area contributed by atoms with Crippen LogP contribution in [-0.2, 0) is 11.2 Å². The average Bonchev–Trinajstić information content (AvgIpc) is 2.56. The van der Waals surface area contributed by atoms with Gasteiger partial charge in [0.25, 0.3) is 0 Å². The summed E-state index contributed by atoms with van der Waals surface area (Å²) < 4.78 is 5.72. The number of nitrogens with zero attached hydrogens (tertiary/aromatic N) is 3. The number of anilines is 1. The number of piperidine rings is 1. The third-order valence-corrected chi connectivity index (χ3v) is 4.38. The van der Waals surface area contributed by atoms with Crippen LogP contribution in [0.15, 0.2) is 42.7 Å². The smallest absolute Gasteiger partial charge is 0.225 e. The van der Waals surface area contributed by atoms with Crippen molar-refractivity contribution >= 4 is 5.95 Å². The molecule has 3 rings (SSSR count). The van der Waals surface area contributed by atoms with Gasteiger partial charge in [-0.25, -0.2) is 9.97 Å². The van der Waals surface area contributed by atoms with Crippen molar-refractivity contribution in [3.05, 3.63) is 53.9 Å². The monoisotopic (exact) mass is 297 g/mol. The van der Waals surface area contributed by atoms with Crippen LogP contribution in [-0.4, -0.2) is 36.3 Å². The van der Waals surface area contributed by atoms with Crippen molar-refractivity contribution in [2.75, 3.05) is 25.1 Å². The van der Waals surface area contributed by atoms with Gasteiger partial charge in [-0.15, -0.1) is 0 Å². The molecule has 1 aliphatic rings. The van der Waals surface area contributed by atoms with Gasteiger partial charge in [0.1, 0.15) is 0 Å². The van der Waals surface area contributed by atoms with Crippen LogP contribution >= 0.6 is 0 Å². The topological polar surface area (TPSA) is 38.2 Å².